The zero-order valence-corrected chi connectivity index (χ0v) is 11.6. The third-order valence-electron chi connectivity index (χ3n) is 3.20. The number of carbonyl (C=O) groups is 1. The molecule has 1 heterocycles. The molecule has 0 fully saturated rings. The Kier molecular flexibility index (Phi) is 4.51. The van der Waals surface area contributed by atoms with Gasteiger partial charge in [-0.2, -0.15) is 18.3 Å². The van der Waals surface area contributed by atoms with Gasteiger partial charge >= 0.3 is 12.1 Å². The van der Waals surface area contributed by atoms with Crippen LogP contribution in [0.25, 0.3) is 0 Å². The number of hydrogen-bond donors (Lipinski definition) is 2. The van der Waals surface area contributed by atoms with E-state index in [1.165, 1.54) is 12.1 Å². The van der Waals surface area contributed by atoms with Gasteiger partial charge in [0.15, 0.2) is 0 Å². The minimum absolute atomic E-state index is 0.0458. The lowest BCUT2D eigenvalue weighted by molar-refractivity contribution is -0.140. The molecule has 0 aliphatic carbocycles. The van der Waals surface area contributed by atoms with E-state index in [0.29, 0.717) is 0 Å². The van der Waals surface area contributed by atoms with Crippen molar-refractivity contribution in [1.29, 1.82) is 0 Å². The topological polar surface area (TPSA) is 67.2 Å². The van der Waals surface area contributed by atoms with Gasteiger partial charge in [-0.1, -0.05) is 12.1 Å². The molecule has 22 heavy (non-hydrogen) atoms. The Balaban J connectivity index is 2.21. The maximum Gasteiger partial charge on any atom is 0.416 e. The van der Waals surface area contributed by atoms with E-state index >= 15 is 0 Å². The Bertz CT molecular complexity index is 667. The van der Waals surface area contributed by atoms with Crippen molar-refractivity contribution in [2.24, 2.45) is 7.05 Å². The van der Waals surface area contributed by atoms with Gasteiger partial charge in [0, 0.05) is 19.8 Å². The van der Waals surface area contributed by atoms with Crippen molar-refractivity contribution in [2.75, 3.05) is 0 Å². The molecule has 0 aliphatic heterocycles. The number of aryl methyl sites for hydroxylation is 1. The van der Waals surface area contributed by atoms with Crippen LogP contribution in [0.3, 0.4) is 0 Å². The second-order valence-electron chi connectivity index (χ2n) is 4.72. The Morgan fingerprint density at radius 2 is 2.14 bits per heavy atom. The number of hydrogen-bond acceptors (Lipinski definition) is 3. The predicted octanol–water partition coefficient (Wildman–Crippen LogP) is 2.35. The van der Waals surface area contributed by atoms with Crippen LogP contribution in [0.15, 0.2) is 36.5 Å². The van der Waals surface area contributed by atoms with Gasteiger partial charge in [0.05, 0.1) is 11.3 Å². The molecule has 2 rings (SSSR count). The summed E-state index contributed by atoms with van der Waals surface area (Å²) in [6, 6.07) is 4.75. The SMILES string of the molecule is Cn1nccc1CNC(C(=O)O)c1cccc(C(F)(F)F)c1. The minimum atomic E-state index is -4.51. The lowest BCUT2D eigenvalue weighted by atomic mass is 10.0. The van der Waals surface area contributed by atoms with Gasteiger partial charge in [-0.05, 0) is 23.8 Å². The molecule has 2 aromatic rings. The van der Waals surface area contributed by atoms with Crippen LogP contribution in [0, 0.1) is 0 Å². The van der Waals surface area contributed by atoms with E-state index in [2.05, 4.69) is 10.4 Å². The molecule has 1 aromatic heterocycles. The summed E-state index contributed by atoms with van der Waals surface area (Å²) in [6.07, 6.45) is -2.96. The van der Waals surface area contributed by atoms with E-state index in [-0.39, 0.29) is 12.1 Å². The monoisotopic (exact) mass is 313 g/mol. The lowest BCUT2D eigenvalue weighted by Crippen LogP contribution is -2.29. The van der Waals surface area contributed by atoms with E-state index in [1.54, 1.807) is 24.0 Å². The molecule has 0 bridgehead atoms. The normalized spacial score (nSPS) is 13.1. The van der Waals surface area contributed by atoms with E-state index in [4.69, 9.17) is 0 Å². The first-order valence-electron chi connectivity index (χ1n) is 6.39. The van der Waals surface area contributed by atoms with Crippen molar-refractivity contribution in [3.63, 3.8) is 0 Å². The standard InChI is InChI=1S/C14H14F3N3O2/c1-20-11(5-6-19-20)8-18-12(13(21)22)9-3-2-4-10(7-9)14(15,16)17/h2-7,12,18H,8H2,1H3,(H,21,22). The van der Waals surface area contributed by atoms with Gasteiger partial charge in [0.25, 0.3) is 0 Å². The molecule has 1 aromatic carbocycles. The number of nitrogens with one attached hydrogen (secondary N) is 1. The van der Waals surface area contributed by atoms with Crippen LogP contribution in [-0.2, 0) is 24.6 Å². The molecule has 5 nitrogen and oxygen atoms in total. The highest BCUT2D eigenvalue weighted by Crippen LogP contribution is 2.30. The molecule has 0 saturated heterocycles. The summed E-state index contributed by atoms with van der Waals surface area (Å²) >= 11 is 0. The van der Waals surface area contributed by atoms with Crippen LogP contribution < -0.4 is 5.32 Å². The van der Waals surface area contributed by atoms with Crippen LogP contribution in [-0.4, -0.2) is 20.9 Å². The highest BCUT2D eigenvalue weighted by molar-refractivity contribution is 5.75. The fourth-order valence-electron chi connectivity index (χ4n) is 2.02. The molecular weight excluding hydrogens is 299 g/mol. The minimum Gasteiger partial charge on any atom is -0.480 e. The first kappa shape index (κ1) is 16.0. The molecule has 2 N–H and O–H groups in total. The number of rotatable bonds is 5. The molecule has 0 aliphatic rings. The smallest absolute Gasteiger partial charge is 0.416 e. The molecule has 1 atom stereocenters. The summed E-state index contributed by atoms with van der Waals surface area (Å²) in [6.45, 7) is 0.170. The highest BCUT2D eigenvalue weighted by Gasteiger charge is 2.31. The Morgan fingerprint density at radius 3 is 2.68 bits per heavy atom. The molecule has 0 radical (unpaired) electrons. The summed E-state index contributed by atoms with van der Waals surface area (Å²) in [4.78, 5) is 11.3. The number of nitrogens with zero attached hydrogens (tertiary/aromatic N) is 2. The third kappa shape index (κ3) is 3.64. The van der Waals surface area contributed by atoms with Crippen LogP contribution in [0.1, 0.15) is 22.9 Å². The predicted molar refractivity (Wildman–Crippen MR) is 71.9 cm³/mol. The molecule has 0 spiro atoms. The zero-order chi connectivity index (χ0) is 16.3. The van der Waals surface area contributed by atoms with Gasteiger partial charge in [-0.25, -0.2) is 0 Å². The van der Waals surface area contributed by atoms with Gasteiger partial charge in [0.1, 0.15) is 6.04 Å². The number of carboxylic acid groups (broad SMARTS) is 1. The van der Waals surface area contributed by atoms with Crippen LogP contribution >= 0.6 is 0 Å². The second kappa shape index (κ2) is 6.18. The Morgan fingerprint density at radius 1 is 1.41 bits per heavy atom. The van der Waals surface area contributed by atoms with Crippen molar-refractivity contribution >= 4 is 5.97 Å². The molecule has 1 unspecified atom stereocenters. The Labute approximate surface area is 124 Å². The maximum atomic E-state index is 12.7. The largest absolute Gasteiger partial charge is 0.480 e. The quantitative estimate of drug-likeness (QED) is 0.889. The van der Waals surface area contributed by atoms with Crippen molar-refractivity contribution < 1.29 is 23.1 Å². The first-order valence-corrected chi connectivity index (χ1v) is 6.39. The Hall–Kier alpha value is -2.35. The summed E-state index contributed by atoms with van der Waals surface area (Å²) < 4.78 is 39.7. The van der Waals surface area contributed by atoms with E-state index in [0.717, 1.165) is 17.8 Å². The molecule has 8 heteroatoms. The molecule has 0 saturated carbocycles. The van der Waals surface area contributed by atoms with E-state index in [9.17, 15) is 23.1 Å². The number of alkyl halides is 3. The van der Waals surface area contributed by atoms with Crippen molar-refractivity contribution in [2.45, 2.75) is 18.8 Å². The molecule has 118 valence electrons. The average molecular weight is 313 g/mol. The summed E-state index contributed by atoms with van der Waals surface area (Å²) in [5, 5.41) is 15.9. The number of halogens is 3. The van der Waals surface area contributed by atoms with Gasteiger partial charge in [-0.3, -0.25) is 14.8 Å². The van der Waals surface area contributed by atoms with Crippen LogP contribution in [0.2, 0.25) is 0 Å². The molecule has 0 amide bonds. The number of aromatic nitrogens is 2. The summed E-state index contributed by atoms with van der Waals surface area (Å²) in [7, 11) is 1.69. The summed E-state index contributed by atoms with van der Waals surface area (Å²) in [5.74, 6) is -1.25. The summed E-state index contributed by atoms with van der Waals surface area (Å²) in [5.41, 5.74) is -0.110. The van der Waals surface area contributed by atoms with Gasteiger partial charge < -0.3 is 5.11 Å². The molecular formula is C14H14F3N3O2. The highest BCUT2D eigenvalue weighted by atomic mass is 19.4. The number of benzene rings is 1. The van der Waals surface area contributed by atoms with E-state index in [1.807, 2.05) is 0 Å². The van der Waals surface area contributed by atoms with Crippen LogP contribution in [0.4, 0.5) is 13.2 Å². The van der Waals surface area contributed by atoms with Crippen molar-refractivity contribution in [3.8, 4) is 0 Å². The average Bonchev–Trinajstić information content (AvgIpc) is 2.84. The number of carboxylic acids is 1. The number of aliphatic carboxylic acids is 1. The van der Waals surface area contributed by atoms with E-state index < -0.39 is 23.8 Å². The van der Waals surface area contributed by atoms with Crippen molar-refractivity contribution in [3.05, 3.63) is 53.3 Å². The van der Waals surface area contributed by atoms with Gasteiger partial charge in [-0.15, -0.1) is 0 Å². The van der Waals surface area contributed by atoms with Crippen molar-refractivity contribution in [1.82, 2.24) is 15.1 Å². The maximum absolute atomic E-state index is 12.7. The first-order chi connectivity index (χ1) is 10.3. The lowest BCUT2D eigenvalue weighted by Gasteiger charge is -2.16. The van der Waals surface area contributed by atoms with Gasteiger partial charge in [0.2, 0.25) is 0 Å². The third-order valence-corrected chi connectivity index (χ3v) is 3.20. The fourth-order valence-corrected chi connectivity index (χ4v) is 2.02. The second-order valence-corrected chi connectivity index (χ2v) is 4.72. The van der Waals surface area contributed by atoms with Crippen LogP contribution in [0.5, 0.6) is 0 Å². The zero-order valence-electron chi connectivity index (χ0n) is 11.6. The fraction of sp³-hybridized carbons (Fsp3) is 0.286.